The van der Waals surface area contributed by atoms with Crippen LogP contribution in [0.5, 0.6) is 5.75 Å². The Bertz CT molecular complexity index is 1230. The van der Waals surface area contributed by atoms with E-state index in [0.29, 0.717) is 5.02 Å². The van der Waals surface area contributed by atoms with Crippen molar-refractivity contribution in [1.29, 1.82) is 0 Å². The van der Waals surface area contributed by atoms with Crippen LogP contribution in [0.2, 0.25) is 5.02 Å². The molecule has 32 heavy (non-hydrogen) atoms. The number of sulfonamides is 1. The molecule has 11 heteroatoms. The summed E-state index contributed by atoms with van der Waals surface area (Å²) in [6, 6.07) is 13.4. The van der Waals surface area contributed by atoms with Crippen LogP contribution in [-0.4, -0.2) is 21.4 Å². The number of carbonyl (C=O) groups excluding carboxylic acids is 1. The third-order valence-corrected chi connectivity index (χ3v) is 5.93. The Labute approximate surface area is 187 Å². The number of anilines is 2. The van der Waals surface area contributed by atoms with Gasteiger partial charge in [0, 0.05) is 16.3 Å². The summed E-state index contributed by atoms with van der Waals surface area (Å²) in [5.41, 5.74) is -0.641. The molecule has 2 N–H and O–H groups in total. The van der Waals surface area contributed by atoms with Gasteiger partial charge in [0.15, 0.2) is 0 Å². The molecular formula is C21H16ClF3N2O4S. The molecule has 0 heterocycles. The van der Waals surface area contributed by atoms with Gasteiger partial charge in [0.1, 0.15) is 5.75 Å². The number of nitrogens with one attached hydrogen (secondary N) is 2. The number of methoxy groups -OCH3 is 1. The summed E-state index contributed by atoms with van der Waals surface area (Å²) in [5.74, 6) is -0.576. The summed E-state index contributed by atoms with van der Waals surface area (Å²) < 4.78 is 71.1. The lowest BCUT2D eigenvalue weighted by atomic mass is 10.1. The average Bonchev–Trinajstić information content (AvgIpc) is 2.74. The monoisotopic (exact) mass is 484 g/mol. The maximum atomic E-state index is 12.7. The van der Waals surface area contributed by atoms with E-state index in [2.05, 4.69) is 10.0 Å². The van der Waals surface area contributed by atoms with Crippen LogP contribution in [-0.2, 0) is 16.2 Å². The van der Waals surface area contributed by atoms with Crippen molar-refractivity contribution in [2.75, 3.05) is 17.1 Å². The molecule has 0 saturated heterocycles. The SMILES string of the molecule is COc1ccc(S(=O)(=O)Nc2ccc(Cl)cc2)cc1NC(=O)c1ccc(C(F)(F)F)cc1. The number of amides is 1. The Morgan fingerprint density at radius 1 is 0.969 bits per heavy atom. The van der Waals surface area contributed by atoms with Crippen molar-refractivity contribution < 1.29 is 31.1 Å². The van der Waals surface area contributed by atoms with Gasteiger partial charge in [0.2, 0.25) is 0 Å². The van der Waals surface area contributed by atoms with Crippen LogP contribution in [0.3, 0.4) is 0 Å². The van der Waals surface area contributed by atoms with Gasteiger partial charge < -0.3 is 10.1 Å². The molecule has 0 spiro atoms. The summed E-state index contributed by atoms with van der Waals surface area (Å²) in [6.45, 7) is 0. The lowest BCUT2D eigenvalue weighted by Gasteiger charge is -2.14. The second-order valence-corrected chi connectivity index (χ2v) is 8.62. The zero-order valence-corrected chi connectivity index (χ0v) is 18.0. The molecule has 0 bridgehead atoms. The Morgan fingerprint density at radius 3 is 2.16 bits per heavy atom. The van der Waals surface area contributed by atoms with Crippen molar-refractivity contribution >= 4 is 38.9 Å². The molecule has 0 saturated carbocycles. The molecule has 3 rings (SSSR count). The second-order valence-electron chi connectivity index (χ2n) is 6.50. The molecule has 0 aliphatic rings. The molecule has 3 aromatic carbocycles. The van der Waals surface area contributed by atoms with Gasteiger partial charge >= 0.3 is 6.18 Å². The minimum atomic E-state index is -4.53. The molecule has 168 valence electrons. The quantitative estimate of drug-likeness (QED) is 0.489. The van der Waals surface area contributed by atoms with Gasteiger partial charge in [-0.2, -0.15) is 13.2 Å². The summed E-state index contributed by atoms with van der Waals surface area (Å²) in [5, 5.41) is 2.90. The van der Waals surface area contributed by atoms with E-state index in [1.54, 1.807) is 0 Å². The summed E-state index contributed by atoms with van der Waals surface area (Å²) in [6.07, 6.45) is -4.53. The smallest absolute Gasteiger partial charge is 0.416 e. The Balaban J connectivity index is 1.86. The van der Waals surface area contributed by atoms with Crippen LogP contribution in [0, 0.1) is 0 Å². The van der Waals surface area contributed by atoms with E-state index >= 15 is 0 Å². The highest BCUT2D eigenvalue weighted by Gasteiger charge is 2.30. The molecule has 3 aromatic rings. The Hall–Kier alpha value is -3.24. The maximum Gasteiger partial charge on any atom is 0.416 e. The molecule has 1 amide bonds. The average molecular weight is 485 g/mol. The van der Waals surface area contributed by atoms with Crippen LogP contribution < -0.4 is 14.8 Å². The number of ether oxygens (including phenoxy) is 1. The molecule has 0 fully saturated rings. The zero-order chi connectivity index (χ0) is 23.5. The Kier molecular flexibility index (Phi) is 6.65. The zero-order valence-electron chi connectivity index (χ0n) is 16.4. The highest BCUT2D eigenvalue weighted by atomic mass is 35.5. The van der Waals surface area contributed by atoms with E-state index in [1.165, 1.54) is 49.6 Å². The third-order valence-electron chi connectivity index (χ3n) is 4.30. The van der Waals surface area contributed by atoms with Gasteiger partial charge in [-0.25, -0.2) is 8.42 Å². The maximum absolute atomic E-state index is 12.7. The number of hydrogen-bond acceptors (Lipinski definition) is 4. The van der Waals surface area contributed by atoms with Crippen LogP contribution in [0.15, 0.2) is 71.6 Å². The molecule has 0 aromatic heterocycles. The minimum absolute atomic E-state index is 0.0244. The van der Waals surface area contributed by atoms with Gasteiger partial charge in [0.25, 0.3) is 15.9 Å². The van der Waals surface area contributed by atoms with Crippen molar-refractivity contribution in [1.82, 2.24) is 0 Å². The van der Waals surface area contributed by atoms with Gasteiger partial charge in [-0.05, 0) is 66.7 Å². The number of hydrogen-bond donors (Lipinski definition) is 2. The first-order chi connectivity index (χ1) is 15.0. The number of alkyl halides is 3. The van der Waals surface area contributed by atoms with E-state index in [9.17, 15) is 26.4 Å². The molecule has 6 nitrogen and oxygen atoms in total. The molecular weight excluding hydrogens is 469 g/mol. The first-order valence-corrected chi connectivity index (χ1v) is 10.8. The number of halogens is 4. The first-order valence-electron chi connectivity index (χ1n) is 8.94. The fourth-order valence-corrected chi connectivity index (χ4v) is 3.90. The number of rotatable bonds is 6. The number of carbonyl (C=O) groups is 1. The lowest BCUT2D eigenvalue weighted by molar-refractivity contribution is -0.137. The molecule has 0 aliphatic carbocycles. The summed E-state index contributed by atoms with van der Waals surface area (Å²) in [7, 11) is -2.70. The minimum Gasteiger partial charge on any atom is -0.495 e. The fraction of sp³-hybridized carbons (Fsp3) is 0.0952. The van der Waals surface area contributed by atoms with Crippen LogP contribution in [0.1, 0.15) is 15.9 Å². The topological polar surface area (TPSA) is 84.5 Å². The van der Waals surface area contributed by atoms with Crippen molar-refractivity contribution in [3.8, 4) is 5.75 Å². The van der Waals surface area contributed by atoms with Crippen LogP contribution >= 0.6 is 11.6 Å². The lowest BCUT2D eigenvalue weighted by Crippen LogP contribution is -2.16. The predicted octanol–water partition coefficient (Wildman–Crippen LogP) is 5.42. The highest BCUT2D eigenvalue weighted by Crippen LogP contribution is 2.31. The third kappa shape index (κ3) is 5.51. The second kappa shape index (κ2) is 9.09. The molecule has 0 radical (unpaired) electrons. The predicted molar refractivity (Wildman–Crippen MR) is 115 cm³/mol. The van der Waals surface area contributed by atoms with Gasteiger partial charge in [-0.15, -0.1) is 0 Å². The van der Waals surface area contributed by atoms with Crippen molar-refractivity contribution in [3.63, 3.8) is 0 Å². The fourth-order valence-electron chi connectivity index (χ4n) is 2.69. The first kappa shape index (κ1) is 23.4. The van der Waals surface area contributed by atoms with E-state index in [1.807, 2.05) is 0 Å². The summed E-state index contributed by atoms with van der Waals surface area (Å²) in [4.78, 5) is 12.3. The van der Waals surface area contributed by atoms with Crippen molar-refractivity contribution in [2.24, 2.45) is 0 Å². The summed E-state index contributed by atoms with van der Waals surface area (Å²) >= 11 is 5.80. The standard InChI is InChI=1S/C21H16ClF3N2O4S/c1-31-19-11-10-17(32(29,30)27-16-8-6-15(22)7-9-16)12-18(19)26-20(28)13-2-4-14(5-3-13)21(23,24)25/h2-12,27H,1H3,(H,26,28). The van der Waals surface area contributed by atoms with Gasteiger partial charge in [-0.1, -0.05) is 11.6 Å². The van der Waals surface area contributed by atoms with E-state index < -0.39 is 27.7 Å². The highest BCUT2D eigenvalue weighted by molar-refractivity contribution is 7.92. The van der Waals surface area contributed by atoms with Gasteiger partial charge in [0.05, 0.1) is 23.3 Å². The van der Waals surface area contributed by atoms with Crippen LogP contribution in [0.25, 0.3) is 0 Å². The largest absolute Gasteiger partial charge is 0.495 e. The number of benzene rings is 3. The van der Waals surface area contributed by atoms with E-state index in [-0.39, 0.29) is 27.6 Å². The van der Waals surface area contributed by atoms with Crippen molar-refractivity contribution in [3.05, 3.63) is 82.9 Å². The normalized spacial score (nSPS) is 11.7. The molecule has 0 aliphatic heterocycles. The van der Waals surface area contributed by atoms with Gasteiger partial charge in [-0.3, -0.25) is 9.52 Å². The van der Waals surface area contributed by atoms with E-state index in [4.69, 9.17) is 16.3 Å². The Morgan fingerprint density at radius 2 is 1.59 bits per heavy atom. The van der Waals surface area contributed by atoms with E-state index in [0.717, 1.165) is 24.3 Å². The molecule has 0 unspecified atom stereocenters. The molecule has 0 atom stereocenters. The van der Waals surface area contributed by atoms with Crippen molar-refractivity contribution in [2.45, 2.75) is 11.1 Å². The van der Waals surface area contributed by atoms with Crippen LogP contribution in [0.4, 0.5) is 24.5 Å².